The van der Waals surface area contributed by atoms with Gasteiger partial charge in [-0.15, -0.1) is 0 Å². The summed E-state index contributed by atoms with van der Waals surface area (Å²) in [7, 11) is 1.57. The molecule has 2 aromatic rings. The van der Waals surface area contributed by atoms with Crippen LogP contribution in [0.25, 0.3) is 0 Å². The molecular formula is C27H35N3O5S. The van der Waals surface area contributed by atoms with Gasteiger partial charge in [0.1, 0.15) is 23.4 Å². The van der Waals surface area contributed by atoms with Gasteiger partial charge < -0.3 is 25.0 Å². The number of amides is 3. The van der Waals surface area contributed by atoms with Crippen molar-refractivity contribution in [2.45, 2.75) is 64.3 Å². The van der Waals surface area contributed by atoms with E-state index in [9.17, 15) is 14.4 Å². The molecule has 1 aliphatic rings. The first-order valence-electron chi connectivity index (χ1n) is 12.0. The molecule has 0 saturated heterocycles. The van der Waals surface area contributed by atoms with Crippen LogP contribution in [0.15, 0.2) is 48.5 Å². The van der Waals surface area contributed by atoms with E-state index in [1.807, 2.05) is 31.2 Å². The second kappa shape index (κ2) is 11.7. The third-order valence-corrected chi connectivity index (χ3v) is 6.10. The highest BCUT2D eigenvalue weighted by atomic mass is 32.1. The molecule has 0 spiro atoms. The standard InChI is InChI=1S/C27H35N3O5S/c1-17-8-6-7-9-21(17)23(24(31)28-18-10-14-20(34-5)15-11-18)30(19-12-13-19)25(32)22(16-36)29-26(33)35-27(2,3)4/h6-11,14-15,19,22-23,36H,12-13,16H2,1-5H3,(H,28,31)(H,29,33). The van der Waals surface area contributed by atoms with E-state index < -0.39 is 23.8 Å². The number of carbonyl (C=O) groups excluding carboxylic acids is 3. The molecule has 0 bridgehead atoms. The Morgan fingerprint density at radius 1 is 1.08 bits per heavy atom. The van der Waals surface area contributed by atoms with E-state index in [1.54, 1.807) is 57.0 Å². The number of nitrogens with zero attached hydrogens (tertiary/aromatic N) is 1. The van der Waals surface area contributed by atoms with Gasteiger partial charge in [-0.25, -0.2) is 4.79 Å². The minimum Gasteiger partial charge on any atom is -0.497 e. The van der Waals surface area contributed by atoms with Crippen molar-refractivity contribution in [1.29, 1.82) is 0 Å². The van der Waals surface area contributed by atoms with Crippen LogP contribution in [0, 0.1) is 6.92 Å². The van der Waals surface area contributed by atoms with Crippen LogP contribution >= 0.6 is 12.6 Å². The number of anilines is 1. The quantitative estimate of drug-likeness (QED) is 0.429. The molecule has 0 radical (unpaired) electrons. The maximum atomic E-state index is 13.8. The second-order valence-corrected chi connectivity index (χ2v) is 10.2. The minimum absolute atomic E-state index is 0.0574. The van der Waals surface area contributed by atoms with E-state index >= 15 is 0 Å². The minimum atomic E-state index is -0.955. The fourth-order valence-corrected chi connectivity index (χ4v) is 4.13. The average Bonchev–Trinajstić information content (AvgIpc) is 3.65. The van der Waals surface area contributed by atoms with Gasteiger partial charge in [0.2, 0.25) is 5.91 Å². The lowest BCUT2D eigenvalue weighted by Crippen LogP contribution is -2.54. The second-order valence-electron chi connectivity index (χ2n) is 9.83. The van der Waals surface area contributed by atoms with Gasteiger partial charge >= 0.3 is 6.09 Å². The molecule has 3 amide bonds. The van der Waals surface area contributed by atoms with Crippen LogP contribution in [-0.2, 0) is 14.3 Å². The number of hydrogen-bond donors (Lipinski definition) is 3. The predicted molar refractivity (Wildman–Crippen MR) is 142 cm³/mol. The van der Waals surface area contributed by atoms with Crippen LogP contribution in [0.4, 0.5) is 10.5 Å². The number of alkyl carbamates (subject to hydrolysis) is 1. The number of rotatable bonds is 9. The summed E-state index contributed by atoms with van der Waals surface area (Å²) in [4.78, 5) is 41.6. The molecular weight excluding hydrogens is 478 g/mol. The summed E-state index contributed by atoms with van der Waals surface area (Å²) in [6, 6.07) is 12.5. The van der Waals surface area contributed by atoms with Crippen molar-refractivity contribution < 1.29 is 23.9 Å². The smallest absolute Gasteiger partial charge is 0.408 e. The SMILES string of the molecule is COc1ccc(NC(=O)C(c2ccccc2C)N(C(=O)C(CS)NC(=O)OC(C)(C)C)C2CC2)cc1. The number of methoxy groups -OCH3 is 1. The largest absolute Gasteiger partial charge is 0.497 e. The number of hydrogen-bond acceptors (Lipinski definition) is 6. The summed E-state index contributed by atoms with van der Waals surface area (Å²) in [6.07, 6.45) is 0.839. The molecule has 0 heterocycles. The van der Waals surface area contributed by atoms with Crippen molar-refractivity contribution in [2.24, 2.45) is 0 Å². The number of carbonyl (C=O) groups is 3. The normalized spacial score (nSPS) is 14.8. The Kier molecular flexibility index (Phi) is 8.89. The molecule has 36 heavy (non-hydrogen) atoms. The average molecular weight is 514 g/mol. The van der Waals surface area contributed by atoms with Crippen LogP contribution in [0.5, 0.6) is 5.75 Å². The Hall–Kier alpha value is -3.20. The third-order valence-electron chi connectivity index (χ3n) is 5.73. The number of benzene rings is 2. The van der Waals surface area contributed by atoms with E-state index in [4.69, 9.17) is 9.47 Å². The van der Waals surface area contributed by atoms with Gasteiger partial charge in [-0.2, -0.15) is 12.6 Å². The fraction of sp³-hybridized carbons (Fsp3) is 0.444. The van der Waals surface area contributed by atoms with E-state index in [2.05, 4.69) is 23.3 Å². The lowest BCUT2D eigenvalue weighted by atomic mass is 9.98. The fourth-order valence-electron chi connectivity index (χ4n) is 3.88. The molecule has 1 fully saturated rings. The monoisotopic (exact) mass is 513 g/mol. The van der Waals surface area contributed by atoms with Gasteiger partial charge in [-0.3, -0.25) is 9.59 Å². The molecule has 1 aliphatic carbocycles. The maximum Gasteiger partial charge on any atom is 0.408 e. The number of ether oxygens (including phenoxy) is 2. The van der Waals surface area contributed by atoms with Crippen LogP contribution in [0.1, 0.15) is 50.8 Å². The van der Waals surface area contributed by atoms with Gasteiger partial charge in [0.25, 0.3) is 5.91 Å². The van der Waals surface area contributed by atoms with Crippen molar-refractivity contribution in [3.8, 4) is 5.75 Å². The summed E-state index contributed by atoms with van der Waals surface area (Å²) >= 11 is 4.32. The predicted octanol–water partition coefficient (Wildman–Crippen LogP) is 4.50. The maximum absolute atomic E-state index is 13.8. The Morgan fingerprint density at radius 2 is 1.72 bits per heavy atom. The molecule has 3 rings (SSSR count). The summed E-state index contributed by atoms with van der Waals surface area (Å²) in [5.41, 5.74) is 1.47. The van der Waals surface area contributed by atoms with E-state index in [0.717, 1.165) is 24.0 Å². The highest BCUT2D eigenvalue weighted by Gasteiger charge is 2.44. The molecule has 2 N–H and O–H groups in total. The summed E-state index contributed by atoms with van der Waals surface area (Å²) < 4.78 is 10.5. The Morgan fingerprint density at radius 3 is 2.25 bits per heavy atom. The Balaban J connectivity index is 1.93. The van der Waals surface area contributed by atoms with Crippen molar-refractivity contribution in [1.82, 2.24) is 10.2 Å². The third kappa shape index (κ3) is 7.16. The van der Waals surface area contributed by atoms with Crippen molar-refractivity contribution in [3.05, 3.63) is 59.7 Å². The Labute approximate surface area is 218 Å². The molecule has 2 atom stereocenters. The van der Waals surface area contributed by atoms with Crippen LogP contribution in [0.3, 0.4) is 0 Å². The zero-order valence-electron chi connectivity index (χ0n) is 21.4. The number of aryl methyl sites for hydroxylation is 1. The van der Waals surface area contributed by atoms with Gasteiger partial charge in [-0.05, 0) is 75.9 Å². The Bertz CT molecular complexity index is 1080. The first-order chi connectivity index (χ1) is 17.0. The highest BCUT2D eigenvalue weighted by molar-refractivity contribution is 7.80. The first-order valence-corrected chi connectivity index (χ1v) is 12.6. The molecule has 8 nitrogen and oxygen atoms in total. The lowest BCUT2D eigenvalue weighted by Gasteiger charge is -2.35. The number of thiol groups is 1. The molecule has 2 unspecified atom stereocenters. The molecule has 2 aromatic carbocycles. The molecule has 194 valence electrons. The van der Waals surface area contributed by atoms with Crippen LogP contribution < -0.4 is 15.4 Å². The van der Waals surface area contributed by atoms with E-state index in [0.29, 0.717) is 11.4 Å². The van der Waals surface area contributed by atoms with Gasteiger partial charge in [0.05, 0.1) is 7.11 Å². The molecule has 0 aromatic heterocycles. The molecule has 9 heteroatoms. The van der Waals surface area contributed by atoms with Crippen LogP contribution in [-0.4, -0.2) is 53.4 Å². The first kappa shape index (κ1) is 27.4. The summed E-state index contributed by atoms with van der Waals surface area (Å²) in [5, 5.41) is 5.58. The molecule has 1 saturated carbocycles. The summed E-state index contributed by atoms with van der Waals surface area (Å²) in [6.45, 7) is 7.16. The zero-order valence-corrected chi connectivity index (χ0v) is 22.3. The zero-order chi connectivity index (χ0) is 26.5. The number of nitrogens with one attached hydrogen (secondary N) is 2. The van der Waals surface area contributed by atoms with E-state index in [-0.39, 0.29) is 23.6 Å². The lowest BCUT2D eigenvalue weighted by molar-refractivity contribution is -0.141. The van der Waals surface area contributed by atoms with Gasteiger partial charge in [0, 0.05) is 17.5 Å². The van der Waals surface area contributed by atoms with Gasteiger partial charge in [-0.1, -0.05) is 24.3 Å². The van der Waals surface area contributed by atoms with Crippen molar-refractivity contribution in [2.75, 3.05) is 18.2 Å². The topological polar surface area (TPSA) is 97.0 Å². The highest BCUT2D eigenvalue weighted by Crippen LogP contribution is 2.37. The van der Waals surface area contributed by atoms with Crippen LogP contribution in [0.2, 0.25) is 0 Å². The van der Waals surface area contributed by atoms with Crippen molar-refractivity contribution >= 4 is 36.2 Å². The summed E-state index contributed by atoms with van der Waals surface area (Å²) in [5.74, 6) is 0.00601. The molecule has 0 aliphatic heterocycles. The van der Waals surface area contributed by atoms with E-state index in [1.165, 1.54) is 0 Å². The van der Waals surface area contributed by atoms with Gasteiger partial charge in [0.15, 0.2) is 0 Å². The van der Waals surface area contributed by atoms with Crippen molar-refractivity contribution in [3.63, 3.8) is 0 Å².